The predicted octanol–water partition coefficient (Wildman–Crippen LogP) is 1.99. The molecule has 15 heteroatoms. The lowest BCUT2D eigenvalue weighted by molar-refractivity contribution is 0.122. The summed E-state index contributed by atoms with van der Waals surface area (Å²) in [4.78, 5) is 39.7. The maximum absolute atomic E-state index is 14.9. The number of carbonyl (C=O) groups is 1. The number of nitrogens with zero attached hydrogens (tertiary/aromatic N) is 7. The van der Waals surface area contributed by atoms with Crippen LogP contribution in [0.5, 0.6) is 0 Å². The van der Waals surface area contributed by atoms with Gasteiger partial charge in [-0.05, 0) is 18.6 Å². The number of rotatable bonds is 5. The molecule has 2 fully saturated rings. The lowest BCUT2D eigenvalue weighted by Gasteiger charge is -2.29. The second kappa shape index (κ2) is 11.0. The third kappa shape index (κ3) is 5.24. The molecule has 0 atom stereocenters. The molecule has 3 aliphatic heterocycles. The highest BCUT2D eigenvalue weighted by atomic mass is 19.1. The third-order valence-electron chi connectivity index (χ3n) is 6.84. The van der Waals surface area contributed by atoms with Gasteiger partial charge in [-0.1, -0.05) is 0 Å². The number of hydroxylamine groups is 1. The fraction of sp³-hybridized carbons (Fsp3) is 0.400. The van der Waals surface area contributed by atoms with Gasteiger partial charge in [0.2, 0.25) is 11.9 Å². The Morgan fingerprint density at radius 3 is 2.20 bits per heavy atom. The Bertz CT molecular complexity index is 1380. The van der Waals surface area contributed by atoms with Crippen molar-refractivity contribution in [2.24, 2.45) is 0 Å². The standard InChI is InChI=1S/C25H27F2N9O4/c26-18-11-16(34-3-7-38-8-4-34)12-19(27)21(18)32-25(37)40-36-2-1-17-20(15-13-29-23(28)30-14-15)31-24(33-22(17)36)35-5-9-39-10-6-35/h11-14H,1-10H2,(H,32,37)(H2,28,29,30). The predicted molar refractivity (Wildman–Crippen MR) is 141 cm³/mol. The van der Waals surface area contributed by atoms with Crippen LogP contribution in [0.15, 0.2) is 24.5 Å². The minimum absolute atomic E-state index is 0.127. The van der Waals surface area contributed by atoms with Crippen LogP contribution in [0.3, 0.4) is 0 Å². The number of hydrogen-bond donors (Lipinski definition) is 2. The van der Waals surface area contributed by atoms with Crippen molar-refractivity contribution in [2.75, 3.05) is 85.1 Å². The zero-order valence-electron chi connectivity index (χ0n) is 21.5. The van der Waals surface area contributed by atoms with Gasteiger partial charge in [0.05, 0.1) is 38.7 Å². The van der Waals surface area contributed by atoms with E-state index >= 15 is 0 Å². The first kappa shape index (κ1) is 25.9. The van der Waals surface area contributed by atoms with Gasteiger partial charge in [0, 0.05) is 55.4 Å². The average Bonchev–Trinajstić information content (AvgIpc) is 3.38. The summed E-state index contributed by atoms with van der Waals surface area (Å²) in [5, 5.41) is 3.48. The average molecular weight is 556 g/mol. The minimum atomic E-state index is -1.06. The Hall–Kier alpha value is -4.37. The number of nitrogen functional groups attached to an aromatic ring is 1. The molecule has 0 unspecified atom stereocenters. The monoisotopic (exact) mass is 555 g/mol. The highest BCUT2D eigenvalue weighted by Gasteiger charge is 2.31. The third-order valence-corrected chi connectivity index (χ3v) is 6.84. The zero-order chi connectivity index (χ0) is 27.6. The molecule has 0 bridgehead atoms. The van der Waals surface area contributed by atoms with Gasteiger partial charge in [0.15, 0.2) is 17.5 Å². The van der Waals surface area contributed by atoms with Crippen LogP contribution >= 0.6 is 0 Å². The Kier molecular flexibility index (Phi) is 7.13. The number of anilines is 5. The number of nitrogens with one attached hydrogen (secondary N) is 1. The van der Waals surface area contributed by atoms with E-state index in [1.807, 2.05) is 9.80 Å². The summed E-state index contributed by atoms with van der Waals surface area (Å²) in [7, 11) is 0. The molecular formula is C25H27F2N9O4. The summed E-state index contributed by atoms with van der Waals surface area (Å²) >= 11 is 0. The van der Waals surface area contributed by atoms with Gasteiger partial charge in [0.25, 0.3) is 0 Å². The highest BCUT2D eigenvalue weighted by molar-refractivity contribution is 5.86. The zero-order valence-corrected chi connectivity index (χ0v) is 21.5. The molecule has 1 aromatic carbocycles. The topological polar surface area (TPSA) is 144 Å². The van der Waals surface area contributed by atoms with E-state index in [1.54, 1.807) is 12.4 Å². The van der Waals surface area contributed by atoms with E-state index in [-0.39, 0.29) is 12.5 Å². The Labute approximate surface area is 227 Å². The first-order valence-corrected chi connectivity index (χ1v) is 12.9. The van der Waals surface area contributed by atoms with Gasteiger partial charge in [-0.25, -0.2) is 28.5 Å². The van der Waals surface area contributed by atoms with E-state index in [4.69, 9.17) is 25.0 Å². The van der Waals surface area contributed by atoms with E-state index in [9.17, 15) is 13.6 Å². The number of fused-ring (bicyclic) bond motifs is 1. The van der Waals surface area contributed by atoms with Crippen molar-refractivity contribution in [3.05, 3.63) is 41.7 Å². The first-order valence-electron chi connectivity index (χ1n) is 12.9. The van der Waals surface area contributed by atoms with E-state index < -0.39 is 23.4 Å². The van der Waals surface area contributed by atoms with Gasteiger partial charge >= 0.3 is 6.09 Å². The van der Waals surface area contributed by atoms with Crippen molar-refractivity contribution in [1.82, 2.24) is 19.9 Å². The van der Waals surface area contributed by atoms with Crippen LogP contribution in [0, 0.1) is 11.6 Å². The number of halogens is 2. The first-order chi connectivity index (χ1) is 19.5. The molecule has 0 spiro atoms. The summed E-state index contributed by atoms with van der Waals surface area (Å²) in [5.74, 6) is -0.921. The van der Waals surface area contributed by atoms with Gasteiger partial charge in [0.1, 0.15) is 5.69 Å². The Morgan fingerprint density at radius 2 is 1.55 bits per heavy atom. The molecule has 0 radical (unpaired) electrons. The van der Waals surface area contributed by atoms with E-state index in [2.05, 4.69) is 20.3 Å². The number of aromatic nitrogens is 4. The van der Waals surface area contributed by atoms with Crippen LogP contribution in [-0.2, 0) is 20.7 Å². The molecule has 3 N–H and O–H groups in total. The number of nitrogens with two attached hydrogens (primary N) is 1. The summed E-state index contributed by atoms with van der Waals surface area (Å²) in [6, 6.07) is 2.36. The van der Waals surface area contributed by atoms with Gasteiger partial charge in [-0.3, -0.25) is 5.32 Å². The number of ether oxygens (including phenoxy) is 2. The normalized spacial score (nSPS) is 17.1. The molecule has 2 saturated heterocycles. The fourth-order valence-corrected chi connectivity index (χ4v) is 4.82. The Morgan fingerprint density at radius 1 is 0.925 bits per heavy atom. The van der Waals surface area contributed by atoms with Gasteiger partial charge in [-0.15, -0.1) is 0 Å². The maximum atomic E-state index is 14.9. The number of amides is 1. The maximum Gasteiger partial charge on any atom is 0.436 e. The van der Waals surface area contributed by atoms with Crippen molar-refractivity contribution in [3.8, 4) is 11.3 Å². The lowest BCUT2D eigenvalue weighted by atomic mass is 10.1. The molecule has 3 aromatic rings. The quantitative estimate of drug-likeness (QED) is 0.475. The van der Waals surface area contributed by atoms with Gasteiger partial charge in [-0.2, -0.15) is 10.0 Å². The number of carbonyl (C=O) groups excluding carboxylic acids is 1. The molecule has 0 saturated carbocycles. The summed E-state index contributed by atoms with van der Waals surface area (Å²) in [6.45, 7) is 4.42. The molecule has 40 heavy (non-hydrogen) atoms. The van der Waals surface area contributed by atoms with Crippen molar-refractivity contribution in [3.63, 3.8) is 0 Å². The van der Waals surface area contributed by atoms with Crippen LogP contribution in [0.1, 0.15) is 5.56 Å². The van der Waals surface area contributed by atoms with E-state index in [0.717, 1.165) is 0 Å². The molecule has 210 valence electrons. The second-order valence-corrected chi connectivity index (χ2v) is 9.34. The molecule has 13 nitrogen and oxygen atoms in total. The molecule has 0 aliphatic carbocycles. The molecule has 6 rings (SSSR count). The minimum Gasteiger partial charge on any atom is -0.378 e. The largest absolute Gasteiger partial charge is 0.436 e. The van der Waals surface area contributed by atoms with Crippen molar-refractivity contribution in [2.45, 2.75) is 6.42 Å². The van der Waals surface area contributed by atoms with Crippen molar-refractivity contribution >= 4 is 35.2 Å². The molecule has 3 aliphatic rings. The molecular weight excluding hydrogens is 528 g/mol. The lowest BCUT2D eigenvalue weighted by Crippen LogP contribution is -2.38. The van der Waals surface area contributed by atoms with Crippen LogP contribution in [-0.4, -0.2) is 85.2 Å². The SMILES string of the molecule is Nc1ncc(-c2nc(N3CCOCC3)nc3c2CCN3OC(=O)Nc2c(F)cc(N3CCOCC3)cc2F)cn1. The smallest absolute Gasteiger partial charge is 0.378 e. The van der Waals surface area contributed by atoms with Crippen LogP contribution in [0.2, 0.25) is 0 Å². The number of benzene rings is 1. The second-order valence-electron chi connectivity index (χ2n) is 9.34. The van der Waals surface area contributed by atoms with E-state index in [0.29, 0.717) is 93.3 Å². The molecule has 1 amide bonds. The summed E-state index contributed by atoms with van der Waals surface area (Å²) in [6.07, 6.45) is 2.52. The highest BCUT2D eigenvalue weighted by Crippen LogP contribution is 2.36. The summed E-state index contributed by atoms with van der Waals surface area (Å²) < 4.78 is 40.5. The van der Waals surface area contributed by atoms with Crippen molar-refractivity contribution in [1.29, 1.82) is 0 Å². The number of morpholine rings is 2. The van der Waals surface area contributed by atoms with Crippen LogP contribution in [0.25, 0.3) is 11.3 Å². The fourth-order valence-electron chi connectivity index (χ4n) is 4.82. The summed E-state index contributed by atoms with van der Waals surface area (Å²) in [5.41, 5.74) is 7.35. The number of hydrogen-bond acceptors (Lipinski definition) is 12. The van der Waals surface area contributed by atoms with Gasteiger partial charge < -0.3 is 29.8 Å². The van der Waals surface area contributed by atoms with E-state index in [1.165, 1.54) is 17.2 Å². The van der Waals surface area contributed by atoms with Crippen LogP contribution in [0.4, 0.5) is 42.7 Å². The van der Waals surface area contributed by atoms with Crippen LogP contribution < -0.4 is 25.9 Å². The Balaban J connectivity index is 1.24. The molecule has 2 aromatic heterocycles. The van der Waals surface area contributed by atoms with Crippen molar-refractivity contribution < 1.29 is 27.9 Å². The molecule has 5 heterocycles.